The normalized spacial score (nSPS) is 29.4. The fraction of sp³-hybridized carbons (Fsp3) is 0.846. The molecule has 0 radical (unpaired) electrons. The van der Waals surface area contributed by atoms with Crippen molar-refractivity contribution in [1.82, 2.24) is 9.80 Å². The maximum Gasteiger partial charge on any atom is 0.319 e. The molecule has 0 bridgehead atoms. The minimum atomic E-state index is -0.834. The number of hydrogen-bond donors (Lipinski definition) is 2. The lowest BCUT2D eigenvalue weighted by molar-refractivity contribution is -0.137. The molecule has 3 unspecified atom stereocenters. The number of rotatable bonds is 4. The predicted molar refractivity (Wildman–Crippen MR) is 68.7 cm³/mol. The van der Waals surface area contributed by atoms with Crippen molar-refractivity contribution >= 4 is 12.0 Å². The van der Waals surface area contributed by atoms with Crippen LogP contribution in [0.1, 0.15) is 25.7 Å². The minimum Gasteiger partial charge on any atom is -0.481 e. The van der Waals surface area contributed by atoms with Crippen molar-refractivity contribution in [3.05, 3.63) is 0 Å². The maximum atomic E-state index is 12.2. The van der Waals surface area contributed by atoms with Crippen molar-refractivity contribution in [3.63, 3.8) is 0 Å². The molecule has 6 heteroatoms. The van der Waals surface area contributed by atoms with Gasteiger partial charge in [0.1, 0.15) is 0 Å². The highest BCUT2D eigenvalue weighted by Crippen LogP contribution is 2.38. The fourth-order valence-electron chi connectivity index (χ4n) is 3.20. The van der Waals surface area contributed by atoms with E-state index in [1.165, 1.54) is 0 Å². The molecule has 1 saturated carbocycles. The second-order valence-corrected chi connectivity index (χ2v) is 5.68. The fourth-order valence-corrected chi connectivity index (χ4v) is 3.20. The molecule has 19 heavy (non-hydrogen) atoms. The molecule has 0 aromatic rings. The lowest BCUT2D eigenvalue weighted by Gasteiger charge is -2.25. The zero-order valence-corrected chi connectivity index (χ0v) is 11.3. The Labute approximate surface area is 113 Å². The Bertz CT molecular complexity index is 361. The van der Waals surface area contributed by atoms with Crippen LogP contribution in [0.3, 0.4) is 0 Å². The van der Waals surface area contributed by atoms with Crippen LogP contribution in [-0.4, -0.2) is 64.8 Å². The largest absolute Gasteiger partial charge is 0.481 e. The van der Waals surface area contributed by atoms with Gasteiger partial charge in [0.2, 0.25) is 0 Å². The zero-order chi connectivity index (χ0) is 14.0. The average molecular weight is 270 g/mol. The van der Waals surface area contributed by atoms with Gasteiger partial charge >= 0.3 is 12.0 Å². The molecule has 2 rings (SSSR count). The second kappa shape index (κ2) is 5.77. The second-order valence-electron chi connectivity index (χ2n) is 5.68. The molecule has 1 aliphatic heterocycles. The topological polar surface area (TPSA) is 81.1 Å². The van der Waals surface area contributed by atoms with Crippen LogP contribution in [0.15, 0.2) is 0 Å². The van der Waals surface area contributed by atoms with Crippen molar-refractivity contribution in [2.75, 3.05) is 26.7 Å². The Morgan fingerprint density at radius 3 is 2.68 bits per heavy atom. The number of fused-ring (bicyclic) bond motifs is 1. The summed E-state index contributed by atoms with van der Waals surface area (Å²) in [7, 11) is 1.70. The minimum absolute atomic E-state index is 0.0491. The molecule has 2 N–H and O–H groups in total. The summed E-state index contributed by atoms with van der Waals surface area (Å²) in [5, 5.41) is 18.4. The standard InChI is InChI=1S/C13H22N2O4/c1-14(6-2-3-12(17)18)13(19)15-7-9-4-5-11(16)10(9)8-15/h9-11,16H,2-8H2,1H3,(H,17,18). The van der Waals surface area contributed by atoms with Gasteiger partial charge in [-0.25, -0.2) is 4.79 Å². The van der Waals surface area contributed by atoms with E-state index in [-0.39, 0.29) is 24.5 Å². The van der Waals surface area contributed by atoms with Crippen molar-refractivity contribution in [2.24, 2.45) is 11.8 Å². The van der Waals surface area contributed by atoms with Crippen LogP contribution in [-0.2, 0) is 4.79 Å². The number of likely N-dealkylation sites (tertiary alicyclic amines) is 1. The average Bonchev–Trinajstić information content (AvgIpc) is 2.90. The highest BCUT2D eigenvalue weighted by molar-refractivity contribution is 5.74. The smallest absolute Gasteiger partial charge is 0.319 e. The van der Waals surface area contributed by atoms with E-state index in [9.17, 15) is 14.7 Å². The summed E-state index contributed by atoms with van der Waals surface area (Å²) >= 11 is 0. The van der Waals surface area contributed by atoms with Gasteiger partial charge in [-0.15, -0.1) is 0 Å². The van der Waals surface area contributed by atoms with Gasteiger partial charge in [-0.1, -0.05) is 0 Å². The number of carboxylic acid groups (broad SMARTS) is 1. The molecule has 3 atom stereocenters. The van der Waals surface area contributed by atoms with E-state index in [1.807, 2.05) is 0 Å². The Kier molecular flexibility index (Phi) is 4.29. The van der Waals surface area contributed by atoms with Gasteiger partial charge in [0.05, 0.1) is 6.10 Å². The van der Waals surface area contributed by atoms with E-state index in [0.29, 0.717) is 25.4 Å². The molecule has 0 aromatic heterocycles. The van der Waals surface area contributed by atoms with Crippen LogP contribution in [0.2, 0.25) is 0 Å². The first-order valence-corrected chi connectivity index (χ1v) is 6.89. The summed E-state index contributed by atoms with van der Waals surface area (Å²) in [6.07, 6.45) is 2.15. The number of carbonyl (C=O) groups is 2. The number of hydrogen-bond acceptors (Lipinski definition) is 3. The molecule has 1 saturated heterocycles. The highest BCUT2D eigenvalue weighted by atomic mass is 16.4. The molecule has 6 nitrogen and oxygen atoms in total. The molecule has 0 aromatic carbocycles. The monoisotopic (exact) mass is 270 g/mol. The number of carbonyl (C=O) groups excluding carboxylic acids is 1. The Hall–Kier alpha value is -1.30. The van der Waals surface area contributed by atoms with Crippen LogP contribution >= 0.6 is 0 Å². The molecule has 1 heterocycles. The molecule has 0 spiro atoms. The van der Waals surface area contributed by atoms with Gasteiger partial charge in [0.25, 0.3) is 0 Å². The predicted octanol–water partition coefficient (Wildman–Crippen LogP) is 0.606. The molecular weight excluding hydrogens is 248 g/mol. The first kappa shape index (κ1) is 14.1. The van der Waals surface area contributed by atoms with E-state index < -0.39 is 5.97 Å². The van der Waals surface area contributed by atoms with Gasteiger partial charge < -0.3 is 20.0 Å². The summed E-state index contributed by atoms with van der Waals surface area (Å²) in [6, 6.07) is -0.0491. The summed E-state index contributed by atoms with van der Waals surface area (Å²) in [4.78, 5) is 26.0. The third kappa shape index (κ3) is 3.18. The van der Waals surface area contributed by atoms with Crippen LogP contribution in [0.4, 0.5) is 4.79 Å². The van der Waals surface area contributed by atoms with E-state index >= 15 is 0 Å². The first-order valence-electron chi connectivity index (χ1n) is 6.89. The van der Waals surface area contributed by atoms with Crippen LogP contribution < -0.4 is 0 Å². The van der Waals surface area contributed by atoms with Gasteiger partial charge in [0, 0.05) is 39.0 Å². The van der Waals surface area contributed by atoms with Gasteiger partial charge in [0.15, 0.2) is 0 Å². The molecule has 108 valence electrons. The molecule has 2 amide bonds. The van der Waals surface area contributed by atoms with Crippen molar-refractivity contribution in [2.45, 2.75) is 31.8 Å². The van der Waals surface area contributed by atoms with Crippen LogP contribution in [0.25, 0.3) is 0 Å². The molecule has 2 aliphatic rings. The Morgan fingerprint density at radius 1 is 1.32 bits per heavy atom. The summed E-state index contributed by atoms with van der Waals surface area (Å²) in [5.41, 5.74) is 0. The van der Waals surface area contributed by atoms with Crippen molar-refractivity contribution in [3.8, 4) is 0 Å². The lowest BCUT2D eigenvalue weighted by atomic mass is 10.00. The van der Waals surface area contributed by atoms with Crippen LogP contribution in [0, 0.1) is 11.8 Å². The van der Waals surface area contributed by atoms with Gasteiger partial charge in [-0.05, 0) is 25.2 Å². The lowest BCUT2D eigenvalue weighted by Crippen LogP contribution is -2.41. The Balaban J connectivity index is 1.79. The highest BCUT2D eigenvalue weighted by Gasteiger charge is 2.43. The SMILES string of the molecule is CN(CCCC(=O)O)C(=O)N1CC2CCC(O)C2C1. The summed E-state index contributed by atoms with van der Waals surface area (Å²) < 4.78 is 0. The quantitative estimate of drug-likeness (QED) is 0.784. The summed E-state index contributed by atoms with van der Waals surface area (Å²) in [6.45, 7) is 1.82. The van der Waals surface area contributed by atoms with Crippen molar-refractivity contribution in [1.29, 1.82) is 0 Å². The van der Waals surface area contributed by atoms with Gasteiger partial charge in [-0.2, -0.15) is 0 Å². The van der Waals surface area contributed by atoms with E-state index in [1.54, 1.807) is 16.8 Å². The van der Waals surface area contributed by atoms with E-state index in [0.717, 1.165) is 19.4 Å². The molecule has 1 aliphatic carbocycles. The number of carboxylic acids is 1. The zero-order valence-electron chi connectivity index (χ0n) is 11.3. The number of amides is 2. The molecule has 2 fully saturated rings. The maximum absolute atomic E-state index is 12.2. The number of aliphatic hydroxyl groups is 1. The number of aliphatic hydroxyl groups excluding tert-OH is 1. The third-order valence-corrected chi connectivity index (χ3v) is 4.30. The van der Waals surface area contributed by atoms with E-state index in [4.69, 9.17) is 5.11 Å². The van der Waals surface area contributed by atoms with Gasteiger partial charge in [-0.3, -0.25) is 4.79 Å². The number of nitrogens with zero attached hydrogens (tertiary/aromatic N) is 2. The molecular formula is C13H22N2O4. The number of urea groups is 1. The van der Waals surface area contributed by atoms with E-state index in [2.05, 4.69) is 0 Å². The summed E-state index contributed by atoms with van der Waals surface area (Å²) in [5.74, 6) is -0.164. The Morgan fingerprint density at radius 2 is 2.05 bits per heavy atom. The van der Waals surface area contributed by atoms with Crippen LogP contribution in [0.5, 0.6) is 0 Å². The first-order chi connectivity index (χ1) is 8.99. The van der Waals surface area contributed by atoms with Crippen molar-refractivity contribution < 1.29 is 19.8 Å². The third-order valence-electron chi connectivity index (χ3n) is 4.30. The number of aliphatic carboxylic acids is 1.